The minimum atomic E-state index is 0.468. The van der Waals surface area contributed by atoms with E-state index in [9.17, 15) is 4.79 Å². The highest BCUT2D eigenvalue weighted by atomic mass is 16.5. The van der Waals surface area contributed by atoms with Gasteiger partial charge in [-0.2, -0.15) is 0 Å². The lowest BCUT2D eigenvalue weighted by Crippen LogP contribution is -2.03. The Kier molecular flexibility index (Phi) is 17.0. The maximum atomic E-state index is 11.9. The van der Waals surface area contributed by atoms with Gasteiger partial charge < -0.3 is 28.4 Å². The molecule has 0 aromatic heterocycles. The Balaban J connectivity index is 2.11. The molecule has 7 heteroatoms. The third-order valence-corrected chi connectivity index (χ3v) is 7.06. The van der Waals surface area contributed by atoms with Crippen LogP contribution in [0.25, 0.3) is 24.3 Å². The van der Waals surface area contributed by atoms with Gasteiger partial charge in [0.15, 0.2) is 6.29 Å². The Morgan fingerprint density at radius 1 is 0.396 bits per heavy atom. The summed E-state index contributed by atoms with van der Waals surface area (Å²) in [5.41, 5.74) is 3.97. The fourth-order valence-electron chi connectivity index (χ4n) is 4.68. The zero-order valence-corrected chi connectivity index (χ0v) is 29.8. The summed E-state index contributed by atoms with van der Waals surface area (Å²) in [6.07, 6.45) is 14.1. The van der Waals surface area contributed by atoms with Gasteiger partial charge in [0.25, 0.3) is 0 Å². The van der Waals surface area contributed by atoms with E-state index in [0.717, 1.165) is 90.1 Å². The molecule has 0 aliphatic heterocycles. The Morgan fingerprint density at radius 2 is 0.708 bits per heavy atom. The lowest BCUT2D eigenvalue weighted by Gasteiger charge is -2.16. The Labute approximate surface area is 287 Å². The zero-order chi connectivity index (χ0) is 34.6. The molecule has 260 valence electrons. The summed E-state index contributed by atoms with van der Waals surface area (Å²) in [6, 6.07) is 13.6. The van der Waals surface area contributed by atoms with Crippen LogP contribution in [0, 0.1) is 0 Å². The number of benzene rings is 3. The molecule has 0 amide bonds. The highest BCUT2D eigenvalue weighted by Crippen LogP contribution is 2.35. The molecule has 0 aliphatic rings. The molecule has 0 spiro atoms. The van der Waals surface area contributed by atoms with Crippen molar-refractivity contribution < 1.29 is 33.2 Å². The van der Waals surface area contributed by atoms with Crippen LogP contribution in [0.3, 0.4) is 0 Å². The Morgan fingerprint density at radius 3 is 1.08 bits per heavy atom. The minimum Gasteiger partial charge on any atom is -0.494 e. The van der Waals surface area contributed by atoms with E-state index in [1.807, 2.05) is 67.6 Å². The number of carbonyl (C=O) groups excluding carboxylic acids is 1. The van der Waals surface area contributed by atoms with E-state index in [4.69, 9.17) is 28.4 Å². The predicted molar refractivity (Wildman–Crippen MR) is 197 cm³/mol. The molecule has 7 nitrogen and oxygen atoms in total. The predicted octanol–water partition coefficient (Wildman–Crippen LogP) is 10.6. The SMILES string of the molecule is CCCOc1ccc(OCCC)c(/C=C/c2cc(OCCC)c(/C=C/c3cc(OCCC)c(C=O)cc3OCCC)cc2OCCC)c1. The van der Waals surface area contributed by atoms with Gasteiger partial charge in [0.1, 0.15) is 34.5 Å². The molecule has 0 saturated carbocycles. The second-order valence-electron chi connectivity index (χ2n) is 11.4. The van der Waals surface area contributed by atoms with Crippen molar-refractivity contribution in [3.05, 3.63) is 70.3 Å². The standard InChI is InChI=1S/C41H54O7/c1-7-19-43-36-17-18-37(44-20-8-2)31(25-36)13-14-32-26-39(46-22-10-4)33(27-38(32)45-21-9-3)15-16-34-28-41(48-24-12-6)35(30-42)29-40(34)47-23-11-5/h13-18,25-30H,7-12,19-24H2,1-6H3/b14-13+,16-15+. The molecule has 0 bridgehead atoms. The van der Waals surface area contributed by atoms with Gasteiger partial charge in [0.05, 0.1) is 45.2 Å². The molecular weight excluding hydrogens is 604 g/mol. The first-order valence-electron chi connectivity index (χ1n) is 17.6. The maximum absolute atomic E-state index is 11.9. The lowest BCUT2D eigenvalue weighted by molar-refractivity contribution is 0.111. The van der Waals surface area contributed by atoms with Crippen molar-refractivity contribution in [2.45, 2.75) is 80.1 Å². The van der Waals surface area contributed by atoms with E-state index in [1.165, 1.54) is 0 Å². The number of hydrogen-bond donors (Lipinski definition) is 0. The summed E-state index contributed by atoms with van der Waals surface area (Å²) in [6.45, 7) is 15.9. The molecule has 0 N–H and O–H groups in total. The Bertz CT molecular complexity index is 1470. The minimum absolute atomic E-state index is 0.468. The summed E-state index contributed by atoms with van der Waals surface area (Å²) in [5.74, 6) is 4.26. The van der Waals surface area contributed by atoms with E-state index in [1.54, 1.807) is 6.07 Å². The molecule has 48 heavy (non-hydrogen) atoms. The first kappa shape index (κ1) is 38.1. The fourth-order valence-corrected chi connectivity index (χ4v) is 4.68. The van der Waals surface area contributed by atoms with Gasteiger partial charge in [-0.15, -0.1) is 0 Å². The molecule has 0 saturated heterocycles. The summed E-state index contributed by atoms with van der Waals surface area (Å²) < 4.78 is 36.5. The zero-order valence-electron chi connectivity index (χ0n) is 29.8. The van der Waals surface area contributed by atoms with E-state index in [2.05, 4.69) is 34.6 Å². The molecule has 0 fully saturated rings. The van der Waals surface area contributed by atoms with E-state index in [-0.39, 0.29) is 0 Å². The van der Waals surface area contributed by atoms with Crippen molar-refractivity contribution in [1.29, 1.82) is 0 Å². The van der Waals surface area contributed by atoms with E-state index >= 15 is 0 Å². The second-order valence-corrected chi connectivity index (χ2v) is 11.4. The van der Waals surface area contributed by atoms with Gasteiger partial charge in [0, 0.05) is 22.3 Å². The number of hydrogen-bond acceptors (Lipinski definition) is 7. The van der Waals surface area contributed by atoms with Gasteiger partial charge in [-0.3, -0.25) is 4.79 Å². The van der Waals surface area contributed by atoms with Crippen molar-refractivity contribution in [1.82, 2.24) is 0 Å². The molecule has 0 radical (unpaired) electrons. The number of ether oxygens (including phenoxy) is 6. The average molecular weight is 659 g/mol. The Hall–Kier alpha value is -4.39. The molecule has 0 aliphatic carbocycles. The van der Waals surface area contributed by atoms with Crippen molar-refractivity contribution in [3.63, 3.8) is 0 Å². The number of carbonyl (C=O) groups is 1. The fraction of sp³-hybridized carbons (Fsp3) is 0.439. The van der Waals surface area contributed by atoms with E-state index < -0.39 is 0 Å². The van der Waals surface area contributed by atoms with Crippen LogP contribution >= 0.6 is 0 Å². The van der Waals surface area contributed by atoms with Crippen LogP contribution in [0.1, 0.15) is 113 Å². The van der Waals surface area contributed by atoms with Crippen LogP contribution in [0.15, 0.2) is 42.5 Å². The smallest absolute Gasteiger partial charge is 0.153 e. The van der Waals surface area contributed by atoms with Gasteiger partial charge in [0.2, 0.25) is 0 Å². The molecule has 3 rings (SSSR count). The summed E-state index contributed by atoms with van der Waals surface area (Å²) in [7, 11) is 0. The molecule has 3 aromatic carbocycles. The summed E-state index contributed by atoms with van der Waals surface area (Å²) in [4.78, 5) is 11.9. The monoisotopic (exact) mass is 658 g/mol. The van der Waals surface area contributed by atoms with Gasteiger partial charge in [-0.1, -0.05) is 65.8 Å². The van der Waals surface area contributed by atoms with Crippen LogP contribution in [-0.2, 0) is 0 Å². The van der Waals surface area contributed by atoms with Crippen LogP contribution in [0.5, 0.6) is 34.5 Å². The van der Waals surface area contributed by atoms with Crippen LogP contribution in [-0.4, -0.2) is 45.9 Å². The maximum Gasteiger partial charge on any atom is 0.153 e. The summed E-state index contributed by atoms with van der Waals surface area (Å²) in [5, 5.41) is 0. The van der Waals surface area contributed by atoms with Gasteiger partial charge >= 0.3 is 0 Å². The van der Waals surface area contributed by atoms with Gasteiger partial charge in [-0.05, 0) is 81.0 Å². The first-order valence-corrected chi connectivity index (χ1v) is 17.6. The normalized spacial score (nSPS) is 11.2. The van der Waals surface area contributed by atoms with Gasteiger partial charge in [-0.25, -0.2) is 0 Å². The molecule has 0 heterocycles. The molecule has 3 aromatic rings. The van der Waals surface area contributed by atoms with Crippen LogP contribution in [0.2, 0.25) is 0 Å². The van der Waals surface area contributed by atoms with Crippen molar-refractivity contribution >= 4 is 30.6 Å². The average Bonchev–Trinajstić information content (AvgIpc) is 3.11. The first-order chi connectivity index (χ1) is 23.5. The highest BCUT2D eigenvalue weighted by molar-refractivity contribution is 5.85. The van der Waals surface area contributed by atoms with E-state index in [0.29, 0.717) is 56.7 Å². The van der Waals surface area contributed by atoms with Crippen molar-refractivity contribution in [3.8, 4) is 34.5 Å². The quantitative estimate of drug-likeness (QED) is 0.0741. The largest absolute Gasteiger partial charge is 0.494 e. The van der Waals surface area contributed by atoms with Crippen LogP contribution in [0.4, 0.5) is 0 Å². The topological polar surface area (TPSA) is 72.5 Å². The van der Waals surface area contributed by atoms with Crippen LogP contribution < -0.4 is 28.4 Å². The lowest BCUT2D eigenvalue weighted by atomic mass is 10.0. The highest BCUT2D eigenvalue weighted by Gasteiger charge is 2.14. The molecular formula is C41H54O7. The number of aldehydes is 1. The summed E-state index contributed by atoms with van der Waals surface area (Å²) >= 11 is 0. The molecule has 0 unspecified atom stereocenters. The third-order valence-electron chi connectivity index (χ3n) is 7.06. The van der Waals surface area contributed by atoms with Crippen molar-refractivity contribution in [2.24, 2.45) is 0 Å². The van der Waals surface area contributed by atoms with Crippen molar-refractivity contribution in [2.75, 3.05) is 39.6 Å². The second kappa shape index (κ2) is 21.5. The number of rotatable bonds is 23. The molecule has 0 atom stereocenters. The third kappa shape index (κ3) is 11.7.